The van der Waals surface area contributed by atoms with Gasteiger partial charge in [0.15, 0.2) is 0 Å². The number of rotatable bonds is 2. The lowest BCUT2D eigenvalue weighted by molar-refractivity contribution is -0.348. The standard InChI is InChI=1S/C17H9BrF10/c1-8-6-11(14(19,16(23,24)25)17(26,27)28)13(12(18)7-8)9-2-4-10(5-3-9)15(20,21)22/h2-7H,1H3. The van der Waals surface area contributed by atoms with Gasteiger partial charge in [-0.25, -0.2) is 4.39 Å². The minimum absolute atomic E-state index is 0.118. The predicted octanol–water partition coefficient (Wildman–Crippen LogP) is 7.73. The van der Waals surface area contributed by atoms with Crippen LogP contribution >= 0.6 is 15.9 Å². The van der Waals surface area contributed by atoms with Crippen molar-refractivity contribution < 1.29 is 43.9 Å². The molecule has 0 amide bonds. The molecule has 0 fully saturated rings. The van der Waals surface area contributed by atoms with E-state index in [1.807, 2.05) is 0 Å². The van der Waals surface area contributed by atoms with E-state index >= 15 is 0 Å². The second-order valence-corrected chi connectivity index (χ2v) is 6.75. The molecule has 0 aliphatic carbocycles. The van der Waals surface area contributed by atoms with Crippen molar-refractivity contribution in [1.29, 1.82) is 0 Å². The molecule has 28 heavy (non-hydrogen) atoms. The van der Waals surface area contributed by atoms with Crippen LogP contribution in [0.1, 0.15) is 16.7 Å². The molecule has 0 N–H and O–H groups in total. The van der Waals surface area contributed by atoms with E-state index in [-0.39, 0.29) is 10.0 Å². The van der Waals surface area contributed by atoms with Crippen LogP contribution in [0.4, 0.5) is 43.9 Å². The molecule has 0 radical (unpaired) electrons. The maximum atomic E-state index is 14.7. The zero-order valence-corrected chi connectivity index (χ0v) is 15.2. The molecule has 2 rings (SSSR count). The van der Waals surface area contributed by atoms with Gasteiger partial charge in [-0.15, -0.1) is 0 Å². The first kappa shape index (κ1) is 22.5. The number of benzene rings is 2. The largest absolute Gasteiger partial charge is 0.435 e. The van der Waals surface area contributed by atoms with Crippen molar-refractivity contribution >= 4 is 15.9 Å². The third-order valence-corrected chi connectivity index (χ3v) is 4.51. The second-order valence-electron chi connectivity index (χ2n) is 5.90. The first-order valence-corrected chi connectivity index (χ1v) is 8.10. The smallest absolute Gasteiger partial charge is 0.218 e. The lowest BCUT2D eigenvalue weighted by Gasteiger charge is -2.32. The third kappa shape index (κ3) is 3.85. The highest BCUT2D eigenvalue weighted by atomic mass is 79.9. The van der Waals surface area contributed by atoms with Crippen LogP contribution in [-0.4, -0.2) is 12.4 Å². The Labute approximate surface area is 160 Å². The molecular weight excluding hydrogens is 474 g/mol. The zero-order valence-electron chi connectivity index (χ0n) is 13.6. The van der Waals surface area contributed by atoms with Crippen molar-refractivity contribution in [2.24, 2.45) is 0 Å². The van der Waals surface area contributed by atoms with Crippen LogP contribution in [-0.2, 0) is 11.8 Å². The van der Waals surface area contributed by atoms with E-state index in [9.17, 15) is 43.9 Å². The topological polar surface area (TPSA) is 0 Å². The van der Waals surface area contributed by atoms with Crippen LogP contribution in [0.5, 0.6) is 0 Å². The van der Waals surface area contributed by atoms with Gasteiger partial charge in [-0.2, -0.15) is 39.5 Å². The molecule has 11 heteroatoms. The molecule has 0 saturated heterocycles. The predicted molar refractivity (Wildman–Crippen MR) is 84.2 cm³/mol. The van der Waals surface area contributed by atoms with Gasteiger partial charge in [0.1, 0.15) is 0 Å². The van der Waals surface area contributed by atoms with Crippen LogP contribution in [0.2, 0.25) is 0 Å². The van der Waals surface area contributed by atoms with Gasteiger partial charge in [0.05, 0.1) is 5.56 Å². The van der Waals surface area contributed by atoms with E-state index in [0.29, 0.717) is 30.3 Å². The molecule has 0 unspecified atom stereocenters. The van der Waals surface area contributed by atoms with E-state index in [2.05, 4.69) is 15.9 Å². The average Bonchev–Trinajstić information content (AvgIpc) is 2.50. The van der Waals surface area contributed by atoms with Crippen molar-refractivity contribution in [3.05, 3.63) is 57.6 Å². The highest BCUT2D eigenvalue weighted by molar-refractivity contribution is 9.10. The number of alkyl halides is 10. The molecule has 0 nitrogen and oxygen atoms in total. The van der Waals surface area contributed by atoms with Crippen LogP contribution in [0.25, 0.3) is 11.1 Å². The average molecular weight is 483 g/mol. The van der Waals surface area contributed by atoms with Crippen LogP contribution in [0.15, 0.2) is 40.9 Å². The Bertz CT molecular complexity index is 846. The molecule has 0 atom stereocenters. The summed E-state index contributed by atoms with van der Waals surface area (Å²) in [5.41, 5.74) is -10.1. The summed E-state index contributed by atoms with van der Waals surface area (Å²) in [6.07, 6.45) is -17.5. The lowest BCUT2D eigenvalue weighted by atomic mass is 9.85. The monoisotopic (exact) mass is 482 g/mol. The Balaban J connectivity index is 2.85. The quantitative estimate of drug-likeness (QED) is 0.384. The fourth-order valence-corrected chi connectivity index (χ4v) is 3.40. The Morgan fingerprint density at radius 3 is 1.57 bits per heavy atom. The van der Waals surface area contributed by atoms with Gasteiger partial charge in [-0.05, 0) is 36.2 Å². The molecule has 0 aliphatic rings. The van der Waals surface area contributed by atoms with Gasteiger partial charge < -0.3 is 0 Å². The van der Waals surface area contributed by atoms with Gasteiger partial charge in [-0.1, -0.05) is 34.1 Å². The fourth-order valence-electron chi connectivity index (χ4n) is 2.60. The van der Waals surface area contributed by atoms with Gasteiger partial charge >= 0.3 is 24.2 Å². The molecule has 0 heterocycles. The van der Waals surface area contributed by atoms with E-state index in [1.165, 1.54) is 0 Å². The van der Waals surface area contributed by atoms with Crippen molar-refractivity contribution in [1.82, 2.24) is 0 Å². The van der Waals surface area contributed by atoms with Crippen LogP contribution in [0.3, 0.4) is 0 Å². The Hall–Kier alpha value is -1.78. The molecule has 0 spiro atoms. The Kier molecular flexibility index (Phi) is 5.57. The van der Waals surface area contributed by atoms with Crippen LogP contribution < -0.4 is 0 Å². The minimum Gasteiger partial charge on any atom is -0.218 e. The van der Waals surface area contributed by atoms with Crippen molar-refractivity contribution in [2.45, 2.75) is 31.1 Å². The second kappa shape index (κ2) is 6.93. The fraction of sp³-hybridized carbons (Fsp3) is 0.294. The van der Waals surface area contributed by atoms with Gasteiger partial charge in [-0.3, -0.25) is 0 Å². The SMILES string of the molecule is Cc1cc(Br)c(-c2ccc(C(F)(F)F)cc2)c(C(F)(C(F)(F)F)C(F)(F)F)c1. The first-order valence-electron chi connectivity index (χ1n) is 7.30. The molecule has 154 valence electrons. The summed E-state index contributed by atoms with van der Waals surface area (Å²) in [4.78, 5) is 0. The minimum atomic E-state index is -6.36. The first-order chi connectivity index (χ1) is 12.5. The van der Waals surface area contributed by atoms with E-state index in [1.54, 1.807) is 0 Å². The maximum Gasteiger partial charge on any atom is 0.435 e. The van der Waals surface area contributed by atoms with E-state index in [4.69, 9.17) is 0 Å². The van der Waals surface area contributed by atoms with Gasteiger partial charge in [0.2, 0.25) is 0 Å². The number of hydrogen-bond donors (Lipinski definition) is 0. The Morgan fingerprint density at radius 2 is 1.18 bits per heavy atom. The normalized spacial score (nSPS) is 13.7. The van der Waals surface area contributed by atoms with Crippen molar-refractivity contribution in [3.63, 3.8) is 0 Å². The van der Waals surface area contributed by atoms with E-state index in [0.717, 1.165) is 13.0 Å². The number of hydrogen-bond acceptors (Lipinski definition) is 0. The lowest BCUT2D eigenvalue weighted by Crippen LogP contribution is -2.50. The molecule has 2 aromatic rings. The summed E-state index contributed by atoms with van der Waals surface area (Å²) in [5.74, 6) is 0. The molecule has 2 aromatic carbocycles. The summed E-state index contributed by atoms with van der Waals surface area (Å²) >= 11 is 2.80. The van der Waals surface area contributed by atoms with Crippen LogP contribution in [0, 0.1) is 6.92 Å². The summed E-state index contributed by atoms with van der Waals surface area (Å²) < 4.78 is 132. The van der Waals surface area contributed by atoms with Crippen molar-refractivity contribution in [3.8, 4) is 11.1 Å². The highest BCUT2D eigenvalue weighted by Gasteiger charge is 2.74. The summed E-state index contributed by atoms with van der Waals surface area (Å²) in [6.45, 7) is 1.15. The maximum absolute atomic E-state index is 14.7. The third-order valence-electron chi connectivity index (χ3n) is 3.89. The van der Waals surface area contributed by atoms with Gasteiger partial charge in [0, 0.05) is 15.6 Å². The Morgan fingerprint density at radius 1 is 0.714 bits per heavy atom. The molecule has 0 aliphatic heterocycles. The van der Waals surface area contributed by atoms with Crippen molar-refractivity contribution in [2.75, 3.05) is 0 Å². The molecule has 0 saturated carbocycles. The van der Waals surface area contributed by atoms with Gasteiger partial charge in [0.25, 0.3) is 0 Å². The number of halogens is 11. The number of aryl methyl sites for hydroxylation is 1. The summed E-state index contributed by atoms with van der Waals surface area (Å²) in [7, 11) is 0. The molecule has 0 aromatic heterocycles. The summed E-state index contributed by atoms with van der Waals surface area (Å²) in [5, 5.41) is 0. The zero-order chi connectivity index (χ0) is 21.7. The highest BCUT2D eigenvalue weighted by Crippen LogP contribution is 2.56. The van der Waals surface area contributed by atoms with E-state index < -0.39 is 46.5 Å². The molecular formula is C17H9BrF10. The molecule has 0 bridgehead atoms. The summed E-state index contributed by atoms with van der Waals surface area (Å²) in [6, 6.07) is 3.81.